The third kappa shape index (κ3) is 5.76. The van der Waals surface area contributed by atoms with Crippen molar-refractivity contribution in [2.24, 2.45) is 0 Å². The van der Waals surface area contributed by atoms with Gasteiger partial charge >= 0.3 is 0 Å². The van der Waals surface area contributed by atoms with E-state index in [2.05, 4.69) is 23.9 Å². The quantitative estimate of drug-likeness (QED) is 0.558. The highest BCUT2D eigenvalue weighted by Crippen LogP contribution is 2.19. The third-order valence-electron chi connectivity index (χ3n) is 4.50. The molecule has 0 spiro atoms. The molecular weight excluding hydrogens is 404 g/mol. The SMILES string of the molecule is CC(C)c1ccc(NC(=O)[C@@H](Cc2ccccc2)NS(=O)(=O)c2cccs2)cc1. The lowest BCUT2D eigenvalue weighted by Gasteiger charge is -2.18. The Balaban J connectivity index is 1.80. The van der Waals surface area contributed by atoms with Gasteiger partial charge in [0, 0.05) is 5.69 Å². The lowest BCUT2D eigenvalue weighted by atomic mass is 10.0. The molecule has 0 saturated carbocycles. The molecule has 7 heteroatoms. The molecule has 29 heavy (non-hydrogen) atoms. The third-order valence-corrected chi connectivity index (χ3v) is 7.37. The van der Waals surface area contributed by atoms with Gasteiger partial charge in [-0.15, -0.1) is 11.3 Å². The summed E-state index contributed by atoms with van der Waals surface area (Å²) in [5.74, 6) is -0.00512. The zero-order valence-corrected chi connectivity index (χ0v) is 18.0. The Hall–Kier alpha value is -2.48. The number of carbonyl (C=O) groups is 1. The van der Waals surface area contributed by atoms with Gasteiger partial charge in [0.25, 0.3) is 10.0 Å². The largest absolute Gasteiger partial charge is 0.325 e. The minimum absolute atomic E-state index is 0.185. The molecule has 0 aliphatic carbocycles. The fourth-order valence-electron chi connectivity index (χ4n) is 2.88. The van der Waals surface area contributed by atoms with Crippen molar-refractivity contribution in [3.63, 3.8) is 0 Å². The molecule has 1 aromatic heterocycles. The summed E-state index contributed by atoms with van der Waals surface area (Å²) in [6.45, 7) is 4.20. The molecule has 2 N–H and O–H groups in total. The van der Waals surface area contributed by atoms with E-state index in [1.165, 1.54) is 11.6 Å². The Kier molecular flexibility index (Phi) is 6.84. The molecule has 1 heterocycles. The van der Waals surface area contributed by atoms with Crippen LogP contribution in [0.25, 0.3) is 0 Å². The van der Waals surface area contributed by atoms with Gasteiger partial charge in [-0.25, -0.2) is 8.42 Å². The van der Waals surface area contributed by atoms with Crippen molar-refractivity contribution in [2.45, 2.75) is 36.4 Å². The number of sulfonamides is 1. The van der Waals surface area contributed by atoms with Gasteiger partial charge in [-0.1, -0.05) is 62.4 Å². The number of rotatable bonds is 8. The molecule has 3 aromatic rings. The van der Waals surface area contributed by atoms with Crippen molar-refractivity contribution in [1.82, 2.24) is 4.72 Å². The molecule has 0 fully saturated rings. The second-order valence-corrected chi connectivity index (χ2v) is 9.95. The van der Waals surface area contributed by atoms with Crippen molar-refractivity contribution < 1.29 is 13.2 Å². The molecule has 2 aromatic carbocycles. The van der Waals surface area contributed by atoms with Crippen molar-refractivity contribution in [2.75, 3.05) is 5.32 Å². The summed E-state index contributed by atoms with van der Waals surface area (Å²) in [6, 6.07) is 19.2. The molecule has 0 saturated heterocycles. The normalized spacial score (nSPS) is 12.7. The van der Waals surface area contributed by atoms with Gasteiger partial charge in [-0.2, -0.15) is 4.72 Å². The summed E-state index contributed by atoms with van der Waals surface area (Å²) in [5.41, 5.74) is 2.67. The first-order valence-corrected chi connectivity index (χ1v) is 11.7. The van der Waals surface area contributed by atoms with Gasteiger partial charge in [-0.05, 0) is 47.0 Å². The molecule has 1 amide bonds. The van der Waals surface area contributed by atoms with Gasteiger partial charge in [-0.3, -0.25) is 4.79 Å². The number of anilines is 1. The summed E-state index contributed by atoms with van der Waals surface area (Å²) < 4.78 is 28.1. The minimum atomic E-state index is -3.78. The number of nitrogens with one attached hydrogen (secondary N) is 2. The molecular formula is C22H24N2O3S2. The van der Waals surface area contributed by atoms with Gasteiger partial charge < -0.3 is 5.32 Å². The van der Waals surface area contributed by atoms with Crippen LogP contribution in [-0.4, -0.2) is 20.4 Å². The highest BCUT2D eigenvalue weighted by atomic mass is 32.2. The molecule has 3 rings (SSSR count). The fraction of sp³-hybridized carbons (Fsp3) is 0.227. The van der Waals surface area contributed by atoms with Crippen LogP contribution in [0.1, 0.15) is 30.9 Å². The summed E-state index contributed by atoms with van der Waals surface area (Å²) in [4.78, 5) is 12.9. The number of amides is 1. The molecule has 0 radical (unpaired) electrons. The maximum Gasteiger partial charge on any atom is 0.250 e. The van der Waals surface area contributed by atoms with Crippen molar-refractivity contribution in [1.29, 1.82) is 0 Å². The van der Waals surface area contributed by atoms with Crippen LogP contribution in [0.2, 0.25) is 0 Å². The topological polar surface area (TPSA) is 75.3 Å². The first-order chi connectivity index (χ1) is 13.8. The minimum Gasteiger partial charge on any atom is -0.325 e. The predicted molar refractivity (Wildman–Crippen MR) is 118 cm³/mol. The smallest absolute Gasteiger partial charge is 0.250 e. The van der Waals surface area contributed by atoms with Crippen molar-refractivity contribution in [3.8, 4) is 0 Å². The summed E-state index contributed by atoms with van der Waals surface area (Å²) >= 11 is 1.12. The molecule has 5 nitrogen and oxygen atoms in total. The predicted octanol–water partition coefficient (Wildman–Crippen LogP) is 4.40. The van der Waals surface area contributed by atoms with Gasteiger partial charge in [0.2, 0.25) is 5.91 Å². The van der Waals surface area contributed by atoms with Crippen LogP contribution in [0.3, 0.4) is 0 Å². The molecule has 0 aliphatic heterocycles. The van der Waals surface area contributed by atoms with Crippen molar-refractivity contribution in [3.05, 3.63) is 83.2 Å². The molecule has 0 unspecified atom stereocenters. The summed E-state index contributed by atoms with van der Waals surface area (Å²) in [6.07, 6.45) is 0.251. The second-order valence-electron chi connectivity index (χ2n) is 7.06. The maximum absolute atomic E-state index is 12.9. The zero-order valence-electron chi connectivity index (χ0n) is 16.3. The standard InChI is InChI=1S/C22H24N2O3S2/c1-16(2)18-10-12-19(13-11-18)23-22(25)20(15-17-7-4-3-5-8-17)24-29(26,27)21-9-6-14-28-21/h3-14,16,20,24H,15H2,1-2H3,(H,23,25)/t20-/m1/s1. The zero-order chi connectivity index (χ0) is 20.9. The number of hydrogen-bond donors (Lipinski definition) is 2. The van der Waals surface area contributed by atoms with E-state index in [0.717, 1.165) is 16.9 Å². The number of benzene rings is 2. The Morgan fingerprint density at radius 3 is 2.24 bits per heavy atom. The average Bonchev–Trinajstić information content (AvgIpc) is 3.24. The van der Waals surface area contributed by atoms with Crippen LogP contribution in [-0.2, 0) is 21.2 Å². The Morgan fingerprint density at radius 2 is 1.66 bits per heavy atom. The number of carbonyl (C=O) groups excluding carboxylic acids is 1. The van der Waals surface area contributed by atoms with E-state index in [1.807, 2.05) is 54.6 Å². The van der Waals surface area contributed by atoms with E-state index in [-0.39, 0.29) is 10.6 Å². The van der Waals surface area contributed by atoms with Crippen LogP contribution in [0.4, 0.5) is 5.69 Å². The first-order valence-electron chi connectivity index (χ1n) is 9.36. The van der Waals surface area contributed by atoms with E-state index in [1.54, 1.807) is 11.4 Å². The van der Waals surface area contributed by atoms with Gasteiger partial charge in [0.05, 0.1) is 0 Å². The molecule has 1 atom stereocenters. The molecule has 0 aliphatic rings. The summed E-state index contributed by atoms with van der Waals surface area (Å²) in [5, 5.41) is 4.53. The fourth-order valence-corrected chi connectivity index (χ4v) is 5.09. The van der Waals surface area contributed by atoms with Crippen LogP contribution in [0.5, 0.6) is 0 Å². The van der Waals surface area contributed by atoms with Gasteiger partial charge in [0.15, 0.2) is 0 Å². The second kappa shape index (κ2) is 9.35. The van der Waals surface area contributed by atoms with Crippen LogP contribution in [0.15, 0.2) is 76.3 Å². The number of hydrogen-bond acceptors (Lipinski definition) is 4. The summed E-state index contributed by atoms with van der Waals surface area (Å²) in [7, 11) is -3.78. The van der Waals surface area contributed by atoms with Gasteiger partial charge in [0.1, 0.15) is 10.3 Å². The van der Waals surface area contributed by atoms with Crippen LogP contribution >= 0.6 is 11.3 Å². The molecule has 0 bridgehead atoms. The monoisotopic (exact) mass is 428 g/mol. The van der Waals surface area contributed by atoms with E-state index >= 15 is 0 Å². The highest BCUT2D eigenvalue weighted by Gasteiger charge is 2.26. The number of thiophene rings is 1. The average molecular weight is 429 g/mol. The van der Waals surface area contributed by atoms with Crippen molar-refractivity contribution >= 4 is 33.0 Å². The molecule has 152 valence electrons. The Bertz CT molecular complexity index is 1030. The van der Waals surface area contributed by atoms with E-state index < -0.39 is 22.0 Å². The Labute approximate surface area is 175 Å². The van der Waals surface area contributed by atoms with Crippen LogP contribution < -0.4 is 10.0 Å². The first kappa shape index (κ1) is 21.2. The van der Waals surface area contributed by atoms with E-state index in [0.29, 0.717) is 11.6 Å². The highest BCUT2D eigenvalue weighted by molar-refractivity contribution is 7.91. The van der Waals surface area contributed by atoms with E-state index in [9.17, 15) is 13.2 Å². The van der Waals surface area contributed by atoms with E-state index in [4.69, 9.17) is 0 Å². The Morgan fingerprint density at radius 1 is 0.966 bits per heavy atom. The lowest BCUT2D eigenvalue weighted by molar-refractivity contribution is -0.117. The maximum atomic E-state index is 12.9. The lowest BCUT2D eigenvalue weighted by Crippen LogP contribution is -2.45. The van der Waals surface area contributed by atoms with Crippen LogP contribution in [0, 0.1) is 0 Å².